The Labute approximate surface area is 142 Å². The first-order valence-corrected chi connectivity index (χ1v) is 8.15. The molecule has 0 aliphatic carbocycles. The van der Waals surface area contributed by atoms with Crippen molar-refractivity contribution in [2.45, 2.75) is 25.5 Å². The minimum Gasteiger partial charge on any atom is -0.454 e. The van der Waals surface area contributed by atoms with Gasteiger partial charge in [0.05, 0.1) is 0 Å². The third kappa shape index (κ3) is 3.85. The number of carbonyl (C=O) groups is 2. The normalized spacial score (nSPS) is 20.0. The number of hydrogen-bond acceptors (Lipinski definition) is 7. The zero-order chi connectivity index (χ0) is 17.1. The van der Waals surface area contributed by atoms with E-state index in [0.29, 0.717) is 22.4 Å². The number of nitrogens with one attached hydrogen (secondary N) is 2. The molecular weight excluding hydrogens is 332 g/mol. The molecule has 0 unspecified atom stereocenters. The van der Waals surface area contributed by atoms with Crippen molar-refractivity contribution in [2.75, 3.05) is 12.1 Å². The summed E-state index contributed by atoms with van der Waals surface area (Å²) in [5, 5.41) is 13.1. The molecule has 9 heteroatoms. The Morgan fingerprint density at radius 2 is 2.17 bits per heavy atom. The lowest BCUT2D eigenvalue weighted by Gasteiger charge is -2.08. The molecule has 1 saturated heterocycles. The summed E-state index contributed by atoms with van der Waals surface area (Å²) in [6, 6.07) is 5.14. The Morgan fingerprint density at radius 1 is 1.38 bits per heavy atom. The van der Waals surface area contributed by atoms with Gasteiger partial charge in [0.25, 0.3) is 0 Å². The van der Waals surface area contributed by atoms with Gasteiger partial charge in [-0.25, -0.2) is 0 Å². The van der Waals surface area contributed by atoms with Crippen molar-refractivity contribution in [2.24, 2.45) is 10.2 Å². The zero-order valence-electron chi connectivity index (χ0n) is 13.2. The lowest BCUT2D eigenvalue weighted by Crippen LogP contribution is -2.28. The van der Waals surface area contributed by atoms with E-state index < -0.39 is 5.25 Å². The molecule has 2 amide bonds. The highest BCUT2D eigenvalue weighted by Gasteiger charge is 2.32. The summed E-state index contributed by atoms with van der Waals surface area (Å²) in [5.41, 5.74) is 1.37. The molecule has 2 heterocycles. The van der Waals surface area contributed by atoms with Gasteiger partial charge in [-0.2, -0.15) is 5.10 Å². The second-order valence-corrected chi connectivity index (χ2v) is 6.56. The molecule has 0 saturated carbocycles. The van der Waals surface area contributed by atoms with Gasteiger partial charge in [0.2, 0.25) is 18.6 Å². The Balaban J connectivity index is 1.58. The smallest absolute Gasteiger partial charge is 0.240 e. The number of benzene rings is 1. The van der Waals surface area contributed by atoms with Crippen LogP contribution in [0.4, 0.5) is 5.69 Å². The van der Waals surface area contributed by atoms with Crippen molar-refractivity contribution in [3.63, 3.8) is 0 Å². The lowest BCUT2D eigenvalue weighted by molar-refractivity contribution is -0.122. The number of hydrogen-bond donors (Lipinski definition) is 2. The molecule has 126 valence electrons. The molecule has 0 bridgehead atoms. The molecule has 0 spiro atoms. The van der Waals surface area contributed by atoms with Crippen molar-refractivity contribution in [3.05, 3.63) is 18.2 Å². The van der Waals surface area contributed by atoms with E-state index in [2.05, 4.69) is 20.8 Å². The molecule has 2 N–H and O–H groups in total. The maximum Gasteiger partial charge on any atom is 0.240 e. The van der Waals surface area contributed by atoms with Gasteiger partial charge < -0.3 is 20.1 Å². The monoisotopic (exact) mass is 348 g/mol. The number of amides is 2. The minimum atomic E-state index is -0.523. The summed E-state index contributed by atoms with van der Waals surface area (Å²) in [6.07, 6.45) is 0.0405. The Morgan fingerprint density at radius 3 is 2.96 bits per heavy atom. The summed E-state index contributed by atoms with van der Waals surface area (Å²) in [7, 11) is 0. The summed E-state index contributed by atoms with van der Waals surface area (Å²) in [5.74, 6) is 0.718. The first kappa shape index (κ1) is 16.3. The van der Waals surface area contributed by atoms with Crippen molar-refractivity contribution in [3.8, 4) is 11.5 Å². The van der Waals surface area contributed by atoms with E-state index in [1.54, 1.807) is 18.2 Å². The molecule has 0 radical (unpaired) electrons. The fourth-order valence-electron chi connectivity index (χ4n) is 2.09. The SMILES string of the molecule is CC(C)=N/N=C1\NC(=O)[C@@H](CC(=O)Nc2ccc3c(c2)OCO3)S1. The second kappa shape index (κ2) is 6.91. The molecule has 2 aliphatic heterocycles. The topological polar surface area (TPSA) is 101 Å². The fraction of sp³-hybridized carbons (Fsp3) is 0.333. The van der Waals surface area contributed by atoms with E-state index in [1.807, 2.05) is 13.8 Å². The van der Waals surface area contributed by atoms with Crippen LogP contribution in [0.25, 0.3) is 0 Å². The molecule has 1 fully saturated rings. The molecule has 0 aromatic heterocycles. The van der Waals surface area contributed by atoms with Crippen molar-refractivity contribution >= 4 is 40.1 Å². The first-order valence-electron chi connectivity index (χ1n) is 7.27. The molecule has 1 aromatic rings. The highest BCUT2D eigenvalue weighted by Crippen LogP contribution is 2.34. The van der Waals surface area contributed by atoms with Crippen LogP contribution in [0.15, 0.2) is 28.4 Å². The van der Waals surface area contributed by atoms with Crippen LogP contribution in [0.3, 0.4) is 0 Å². The number of fused-ring (bicyclic) bond motifs is 1. The van der Waals surface area contributed by atoms with E-state index in [0.717, 1.165) is 5.71 Å². The number of ether oxygens (including phenoxy) is 2. The van der Waals surface area contributed by atoms with Crippen LogP contribution in [0.1, 0.15) is 20.3 Å². The maximum absolute atomic E-state index is 12.1. The molecule has 24 heavy (non-hydrogen) atoms. The van der Waals surface area contributed by atoms with E-state index in [9.17, 15) is 9.59 Å². The number of nitrogens with zero attached hydrogens (tertiary/aromatic N) is 2. The molecule has 8 nitrogen and oxygen atoms in total. The van der Waals surface area contributed by atoms with Gasteiger partial charge in [-0.3, -0.25) is 9.59 Å². The van der Waals surface area contributed by atoms with Crippen LogP contribution in [-0.2, 0) is 9.59 Å². The number of carbonyl (C=O) groups excluding carboxylic acids is 2. The van der Waals surface area contributed by atoms with Crippen molar-refractivity contribution < 1.29 is 19.1 Å². The predicted molar refractivity (Wildman–Crippen MR) is 91.6 cm³/mol. The summed E-state index contributed by atoms with van der Waals surface area (Å²) >= 11 is 1.20. The zero-order valence-corrected chi connectivity index (χ0v) is 14.0. The number of anilines is 1. The summed E-state index contributed by atoms with van der Waals surface area (Å²) < 4.78 is 10.5. The molecule has 1 aromatic carbocycles. The summed E-state index contributed by atoms with van der Waals surface area (Å²) in [4.78, 5) is 24.0. The Bertz CT molecular complexity index is 743. The van der Waals surface area contributed by atoms with Crippen LogP contribution >= 0.6 is 11.8 Å². The van der Waals surface area contributed by atoms with Crippen LogP contribution in [-0.4, -0.2) is 34.7 Å². The highest BCUT2D eigenvalue weighted by molar-refractivity contribution is 8.15. The molecule has 1 atom stereocenters. The first-order chi connectivity index (χ1) is 11.5. The maximum atomic E-state index is 12.1. The van der Waals surface area contributed by atoms with Crippen molar-refractivity contribution in [1.29, 1.82) is 0 Å². The van der Waals surface area contributed by atoms with E-state index in [-0.39, 0.29) is 25.0 Å². The van der Waals surface area contributed by atoms with Crippen LogP contribution in [0, 0.1) is 0 Å². The van der Waals surface area contributed by atoms with Gasteiger partial charge in [0.15, 0.2) is 16.7 Å². The van der Waals surface area contributed by atoms with Crippen LogP contribution < -0.4 is 20.1 Å². The quantitative estimate of drug-likeness (QED) is 0.637. The Hall–Kier alpha value is -2.55. The molecular formula is C15H16N4O4S. The number of amidine groups is 1. The average Bonchev–Trinajstić information content (AvgIpc) is 3.11. The third-order valence-electron chi connectivity index (χ3n) is 3.14. The van der Waals surface area contributed by atoms with Gasteiger partial charge in [-0.05, 0) is 26.0 Å². The van der Waals surface area contributed by atoms with E-state index >= 15 is 0 Å². The highest BCUT2D eigenvalue weighted by atomic mass is 32.2. The molecule has 2 aliphatic rings. The minimum absolute atomic E-state index is 0.0405. The van der Waals surface area contributed by atoms with Gasteiger partial charge >= 0.3 is 0 Å². The Kier molecular flexibility index (Phi) is 4.70. The summed E-state index contributed by atoms with van der Waals surface area (Å²) in [6.45, 7) is 3.79. The van der Waals surface area contributed by atoms with Crippen LogP contribution in [0.5, 0.6) is 11.5 Å². The largest absolute Gasteiger partial charge is 0.454 e. The predicted octanol–water partition coefficient (Wildman–Crippen LogP) is 1.73. The standard InChI is InChI=1S/C15H16N4O4S/c1-8(2)18-19-15-17-14(21)12(24-15)6-13(20)16-9-3-4-10-11(5-9)23-7-22-10/h3-5,12H,6-7H2,1-2H3,(H,16,20)(H,17,19,21)/t12-/m1/s1. The van der Waals surface area contributed by atoms with E-state index in [4.69, 9.17) is 9.47 Å². The van der Waals surface area contributed by atoms with Gasteiger partial charge in [0, 0.05) is 23.9 Å². The van der Waals surface area contributed by atoms with Gasteiger partial charge in [0.1, 0.15) is 5.25 Å². The third-order valence-corrected chi connectivity index (χ3v) is 4.22. The van der Waals surface area contributed by atoms with E-state index in [1.165, 1.54) is 11.8 Å². The van der Waals surface area contributed by atoms with Crippen LogP contribution in [0.2, 0.25) is 0 Å². The van der Waals surface area contributed by atoms with Gasteiger partial charge in [-0.1, -0.05) is 11.8 Å². The lowest BCUT2D eigenvalue weighted by atomic mass is 10.2. The number of thioether (sulfide) groups is 1. The number of rotatable bonds is 4. The fourth-order valence-corrected chi connectivity index (χ4v) is 3.00. The second-order valence-electron chi connectivity index (χ2n) is 5.37. The van der Waals surface area contributed by atoms with Crippen molar-refractivity contribution in [1.82, 2.24) is 5.32 Å². The molecule has 3 rings (SSSR count). The average molecular weight is 348 g/mol. The van der Waals surface area contributed by atoms with Gasteiger partial charge in [-0.15, -0.1) is 5.10 Å².